The first-order valence-electron chi connectivity index (χ1n) is 11.3. The number of methoxy groups -OCH3 is 1. The minimum atomic E-state index is -0.400. The molecule has 2 aromatic carbocycles. The number of nitrogens with one attached hydrogen (secondary N) is 1. The SMILES string of the molecule is COc1ccc(CC(O)CN2CCN(CC(=O)Nc3ccc4c(c3)CCC4)CC2)cc1. The lowest BCUT2D eigenvalue weighted by molar-refractivity contribution is -0.117. The Kier molecular flexibility index (Phi) is 7.22. The van der Waals surface area contributed by atoms with Crippen LogP contribution in [0.5, 0.6) is 5.75 Å². The molecule has 1 aliphatic heterocycles. The summed E-state index contributed by atoms with van der Waals surface area (Å²) in [6.45, 7) is 4.48. The molecule has 6 heteroatoms. The first kappa shape index (κ1) is 21.8. The van der Waals surface area contributed by atoms with Gasteiger partial charge in [0.05, 0.1) is 19.8 Å². The zero-order valence-corrected chi connectivity index (χ0v) is 18.3. The molecular weight excluding hydrogens is 390 g/mol. The first-order chi connectivity index (χ1) is 15.1. The third kappa shape index (κ3) is 6.06. The molecule has 166 valence electrons. The molecule has 0 bridgehead atoms. The summed E-state index contributed by atoms with van der Waals surface area (Å²) in [5.74, 6) is 0.875. The van der Waals surface area contributed by atoms with Gasteiger partial charge in [-0.15, -0.1) is 0 Å². The fraction of sp³-hybridized carbons (Fsp3) is 0.480. The molecule has 1 saturated heterocycles. The van der Waals surface area contributed by atoms with Gasteiger partial charge >= 0.3 is 0 Å². The lowest BCUT2D eigenvalue weighted by atomic mass is 10.1. The van der Waals surface area contributed by atoms with E-state index in [1.807, 2.05) is 30.3 Å². The maximum absolute atomic E-state index is 12.5. The molecule has 2 aliphatic rings. The van der Waals surface area contributed by atoms with Gasteiger partial charge in [-0.25, -0.2) is 0 Å². The topological polar surface area (TPSA) is 65.0 Å². The summed E-state index contributed by atoms with van der Waals surface area (Å²) in [5.41, 5.74) is 4.81. The highest BCUT2D eigenvalue weighted by molar-refractivity contribution is 5.92. The van der Waals surface area contributed by atoms with Crippen LogP contribution in [0.3, 0.4) is 0 Å². The highest BCUT2D eigenvalue weighted by atomic mass is 16.5. The molecule has 2 N–H and O–H groups in total. The van der Waals surface area contributed by atoms with Crippen molar-refractivity contribution in [2.75, 3.05) is 51.7 Å². The number of amides is 1. The number of aryl methyl sites for hydroxylation is 2. The maximum Gasteiger partial charge on any atom is 0.238 e. The van der Waals surface area contributed by atoms with E-state index in [0.717, 1.165) is 56.0 Å². The monoisotopic (exact) mass is 423 g/mol. The van der Waals surface area contributed by atoms with E-state index in [2.05, 4.69) is 27.2 Å². The molecule has 0 spiro atoms. The van der Waals surface area contributed by atoms with Crippen LogP contribution >= 0.6 is 0 Å². The smallest absolute Gasteiger partial charge is 0.238 e. The minimum absolute atomic E-state index is 0.0472. The summed E-state index contributed by atoms with van der Waals surface area (Å²) < 4.78 is 5.18. The predicted molar refractivity (Wildman–Crippen MR) is 123 cm³/mol. The Bertz CT molecular complexity index is 876. The van der Waals surface area contributed by atoms with Crippen molar-refractivity contribution in [3.05, 3.63) is 59.2 Å². The lowest BCUT2D eigenvalue weighted by Crippen LogP contribution is -2.50. The molecule has 1 atom stereocenters. The van der Waals surface area contributed by atoms with E-state index >= 15 is 0 Å². The van der Waals surface area contributed by atoms with E-state index in [1.54, 1.807) is 7.11 Å². The van der Waals surface area contributed by atoms with Crippen molar-refractivity contribution >= 4 is 11.6 Å². The Morgan fingerprint density at radius 3 is 2.48 bits per heavy atom. The summed E-state index contributed by atoms with van der Waals surface area (Å²) >= 11 is 0. The zero-order valence-electron chi connectivity index (χ0n) is 18.3. The molecule has 0 radical (unpaired) electrons. The highest BCUT2D eigenvalue weighted by Gasteiger charge is 2.21. The molecule has 1 unspecified atom stereocenters. The molecule has 1 heterocycles. The number of aliphatic hydroxyl groups excluding tert-OH is 1. The van der Waals surface area contributed by atoms with Crippen molar-refractivity contribution in [1.29, 1.82) is 0 Å². The number of fused-ring (bicyclic) bond motifs is 1. The number of carbonyl (C=O) groups excluding carboxylic acids is 1. The largest absolute Gasteiger partial charge is 0.497 e. The van der Waals surface area contributed by atoms with Crippen LogP contribution in [0, 0.1) is 0 Å². The third-order valence-corrected chi connectivity index (χ3v) is 6.31. The number of anilines is 1. The molecule has 31 heavy (non-hydrogen) atoms. The molecule has 4 rings (SSSR count). The van der Waals surface area contributed by atoms with E-state index in [1.165, 1.54) is 17.5 Å². The number of carbonyl (C=O) groups is 1. The molecular formula is C25H33N3O3. The Balaban J connectivity index is 1.17. The van der Waals surface area contributed by atoms with E-state index < -0.39 is 6.10 Å². The van der Waals surface area contributed by atoms with Gasteiger partial charge in [0, 0.05) is 38.4 Å². The van der Waals surface area contributed by atoms with Crippen molar-refractivity contribution in [3.8, 4) is 5.75 Å². The summed E-state index contributed by atoms with van der Waals surface area (Å²) in [6, 6.07) is 14.1. The Labute approximate surface area is 184 Å². The van der Waals surface area contributed by atoms with Crippen LogP contribution in [-0.2, 0) is 24.1 Å². The quantitative estimate of drug-likeness (QED) is 0.682. The van der Waals surface area contributed by atoms with Crippen molar-refractivity contribution in [1.82, 2.24) is 9.80 Å². The number of aliphatic hydroxyl groups is 1. The van der Waals surface area contributed by atoms with Crippen LogP contribution in [-0.4, -0.2) is 73.3 Å². The van der Waals surface area contributed by atoms with Gasteiger partial charge in [-0.2, -0.15) is 0 Å². The average molecular weight is 424 g/mol. The van der Waals surface area contributed by atoms with E-state index in [4.69, 9.17) is 4.74 Å². The number of piperazine rings is 1. The van der Waals surface area contributed by atoms with Crippen molar-refractivity contribution in [3.63, 3.8) is 0 Å². The summed E-state index contributed by atoms with van der Waals surface area (Å²) in [7, 11) is 1.65. The Hall–Kier alpha value is -2.41. The number of β-amino-alcohol motifs (C(OH)–C–C–N with tert-alkyl or cyclic N) is 1. The van der Waals surface area contributed by atoms with Crippen molar-refractivity contribution in [2.45, 2.75) is 31.8 Å². The normalized spacial score (nSPS) is 17.9. The molecule has 6 nitrogen and oxygen atoms in total. The first-order valence-corrected chi connectivity index (χ1v) is 11.3. The van der Waals surface area contributed by atoms with Crippen molar-refractivity contribution < 1.29 is 14.6 Å². The highest BCUT2D eigenvalue weighted by Crippen LogP contribution is 2.24. The molecule has 2 aromatic rings. The van der Waals surface area contributed by atoms with E-state index in [9.17, 15) is 9.90 Å². The molecule has 0 aromatic heterocycles. The molecule has 1 fully saturated rings. The Morgan fingerprint density at radius 2 is 1.74 bits per heavy atom. The number of nitrogens with zero attached hydrogens (tertiary/aromatic N) is 2. The number of hydrogen-bond acceptors (Lipinski definition) is 5. The van der Waals surface area contributed by atoms with Crippen LogP contribution < -0.4 is 10.1 Å². The second-order valence-electron chi connectivity index (χ2n) is 8.67. The van der Waals surface area contributed by atoms with Gasteiger partial charge in [-0.05, 0) is 66.6 Å². The van der Waals surface area contributed by atoms with E-state index in [0.29, 0.717) is 19.5 Å². The molecule has 1 amide bonds. The number of rotatable bonds is 8. The van der Waals surface area contributed by atoms with Crippen LogP contribution in [0.2, 0.25) is 0 Å². The summed E-state index contributed by atoms with van der Waals surface area (Å²) in [5, 5.41) is 13.5. The standard InChI is InChI=1S/C25H33N3O3/c1-31-24-9-5-19(6-10-24)15-23(29)17-27-11-13-28(14-12-27)18-25(30)26-22-8-7-20-3-2-4-21(20)16-22/h5-10,16,23,29H,2-4,11-15,17-18H2,1H3,(H,26,30). The Morgan fingerprint density at radius 1 is 1.03 bits per heavy atom. The lowest BCUT2D eigenvalue weighted by Gasteiger charge is -2.35. The zero-order chi connectivity index (χ0) is 21.6. The van der Waals surface area contributed by atoms with Crippen LogP contribution in [0.15, 0.2) is 42.5 Å². The second kappa shape index (κ2) is 10.3. The maximum atomic E-state index is 12.5. The van der Waals surface area contributed by atoms with Gasteiger partial charge in [-0.1, -0.05) is 18.2 Å². The second-order valence-corrected chi connectivity index (χ2v) is 8.67. The van der Waals surface area contributed by atoms with E-state index in [-0.39, 0.29) is 5.91 Å². The van der Waals surface area contributed by atoms with Crippen LogP contribution in [0.25, 0.3) is 0 Å². The molecule has 0 saturated carbocycles. The minimum Gasteiger partial charge on any atom is -0.497 e. The van der Waals surface area contributed by atoms with Gasteiger partial charge in [0.15, 0.2) is 0 Å². The summed E-state index contributed by atoms with van der Waals surface area (Å²) in [4.78, 5) is 16.9. The van der Waals surface area contributed by atoms with Gasteiger partial charge in [0.2, 0.25) is 5.91 Å². The van der Waals surface area contributed by atoms with Gasteiger partial charge in [0.25, 0.3) is 0 Å². The van der Waals surface area contributed by atoms with Crippen molar-refractivity contribution in [2.24, 2.45) is 0 Å². The third-order valence-electron chi connectivity index (χ3n) is 6.31. The predicted octanol–water partition coefficient (Wildman–Crippen LogP) is 2.34. The number of hydrogen-bond donors (Lipinski definition) is 2. The van der Waals surface area contributed by atoms with Gasteiger partial charge in [0.1, 0.15) is 5.75 Å². The fourth-order valence-electron chi connectivity index (χ4n) is 4.58. The molecule has 1 aliphatic carbocycles. The van der Waals surface area contributed by atoms with Crippen LogP contribution in [0.4, 0.5) is 5.69 Å². The van der Waals surface area contributed by atoms with Gasteiger partial charge in [-0.3, -0.25) is 14.6 Å². The summed E-state index contributed by atoms with van der Waals surface area (Å²) in [6.07, 6.45) is 3.72. The van der Waals surface area contributed by atoms with Gasteiger partial charge < -0.3 is 15.2 Å². The fourth-order valence-corrected chi connectivity index (χ4v) is 4.58. The average Bonchev–Trinajstić information content (AvgIpc) is 3.23. The number of ether oxygens (including phenoxy) is 1. The van der Waals surface area contributed by atoms with Crippen LogP contribution in [0.1, 0.15) is 23.1 Å². The number of benzene rings is 2.